The Hall–Kier alpha value is -3.43. The fourth-order valence-corrected chi connectivity index (χ4v) is 2.11. The van der Waals surface area contributed by atoms with Crippen LogP contribution in [0.5, 0.6) is 11.5 Å². The van der Waals surface area contributed by atoms with Crippen LogP contribution in [0, 0.1) is 10.1 Å². The molecule has 1 aromatic heterocycles. The summed E-state index contributed by atoms with van der Waals surface area (Å²) in [5.41, 5.74) is 2.58. The van der Waals surface area contributed by atoms with Gasteiger partial charge in [-0.2, -0.15) is 10.2 Å². The van der Waals surface area contributed by atoms with Crippen LogP contribution in [0.25, 0.3) is 0 Å². The Morgan fingerprint density at radius 3 is 2.69 bits per heavy atom. The second kappa shape index (κ2) is 7.21. The number of methoxy groups -OCH3 is 1. The van der Waals surface area contributed by atoms with E-state index in [2.05, 4.69) is 20.7 Å². The maximum absolute atomic E-state index is 12.1. The van der Waals surface area contributed by atoms with Gasteiger partial charge in [-0.3, -0.25) is 20.0 Å². The number of aromatic amines is 1. The smallest absolute Gasteiger partial charge is 0.323 e. The second-order valence-electron chi connectivity index (χ2n) is 6.43. The first-order chi connectivity index (χ1) is 12.1. The van der Waals surface area contributed by atoms with Crippen molar-refractivity contribution in [3.05, 3.63) is 45.3 Å². The minimum atomic E-state index is -0.703. The van der Waals surface area contributed by atoms with E-state index in [9.17, 15) is 20.0 Å². The lowest BCUT2D eigenvalue weighted by Gasteiger charge is -2.14. The van der Waals surface area contributed by atoms with Gasteiger partial charge in [-0.1, -0.05) is 20.8 Å². The van der Waals surface area contributed by atoms with Gasteiger partial charge in [-0.15, -0.1) is 0 Å². The van der Waals surface area contributed by atoms with Crippen molar-refractivity contribution < 1.29 is 19.6 Å². The highest BCUT2D eigenvalue weighted by molar-refractivity contribution is 5.94. The van der Waals surface area contributed by atoms with Crippen LogP contribution < -0.4 is 10.2 Å². The molecular formula is C16H19N5O5. The Morgan fingerprint density at radius 2 is 2.15 bits per heavy atom. The van der Waals surface area contributed by atoms with Crippen LogP contribution in [0.4, 0.5) is 5.69 Å². The molecule has 0 atom stereocenters. The van der Waals surface area contributed by atoms with Crippen LogP contribution in [0.15, 0.2) is 23.3 Å². The highest BCUT2D eigenvalue weighted by Crippen LogP contribution is 2.37. The molecule has 0 radical (unpaired) electrons. The first-order valence-corrected chi connectivity index (χ1v) is 7.58. The lowest BCUT2D eigenvalue weighted by atomic mass is 9.92. The molecule has 0 bridgehead atoms. The summed E-state index contributed by atoms with van der Waals surface area (Å²) in [5, 5.41) is 31.3. The quantitative estimate of drug-likeness (QED) is 0.423. The molecule has 10 heteroatoms. The highest BCUT2D eigenvalue weighted by atomic mass is 16.6. The maximum Gasteiger partial charge on any atom is 0.323 e. The van der Waals surface area contributed by atoms with Crippen molar-refractivity contribution in [2.75, 3.05) is 7.11 Å². The van der Waals surface area contributed by atoms with Crippen molar-refractivity contribution in [1.29, 1.82) is 0 Å². The molecule has 2 rings (SSSR count). The number of hydrogen-bond donors (Lipinski definition) is 3. The Balaban J connectivity index is 2.19. The molecule has 1 aromatic carbocycles. The molecule has 138 valence electrons. The number of aromatic hydroxyl groups is 1. The molecule has 0 fully saturated rings. The molecule has 2 aromatic rings. The number of ether oxygens (including phenoxy) is 1. The summed E-state index contributed by atoms with van der Waals surface area (Å²) in [4.78, 5) is 22.6. The molecule has 1 amide bonds. The van der Waals surface area contributed by atoms with Gasteiger partial charge in [0.25, 0.3) is 5.91 Å². The predicted molar refractivity (Wildman–Crippen MR) is 93.7 cm³/mol. The highest BCUT2D eigenvalue weighted by Gasteiger charge is 2.23. The van der Waals surface area contributed by atoms with E-state index in [-0.39, 0.29) is 28.2 Å². The van der Waals surface area contributed by atoms with E-state index in [4.69, 9.17) is 4.74 Å². The standard InChI is InChI=1S/C16H19N5O5/c1-16(2,3)12-7-10(18-19-12)15(23)20-17-8-9-5-6-11(22)14(26-4)13(9)21(24)25/h5-8,22H,1-4H3,(H,18,19)(H,20,23). The number of nitrogens with zero attached hydrogens (tertiary/aromatic N) is 3. The molecule has 1 heterocycles. The van der Waals surface area contributed by atoms with Gasteiger partial charge in [0, 0.05) is 11.1 Å². The van der Waals surface area contributed by atoms with Gasteiger partial charge in [0.15, 0.2) is 11.4 Å². The van der Waals surface area contributed by atoms with Crippen LogP contribution >= 0.6 is 0 Å². The van der Waals surface area contributed by atoms with Gasteiger partial charge >= 0.3 is 5.69 Å². The van der Waals surface area contributed by atoms with E-state index in [1.165, 1.54) is 19.2 Å². The number of amides is 1. The number of rotatable bonds is 5. The zero-order valence-electron chi connectivity index (χ0n) is 14.7. The van der Waals surface area contributed by atoms with Gasteiger partial charge < -0.3 is 9.84 Å². The van der Waals surface area contributed by atoms with Crippen LogP contribution in [-0.2, 0) is 5.41 Å². The number of nitro groups is 1. The molecule has 3 N–H and O–H groups in total. The zero-order chi connectivity index (χ0) is 19.5. The van der Waals surface area contributed by atoms with Crippen LogP contribution in [0.2, 0.25) is 0 Å². The van der Waals surface area contributed by atoms with Gasteiger partial charge in [0.2, 0.25) is 5.75 Å². The van der Waals surface area contributed by atoms with Crippen molar-refractivity contribution in [2.45, 2.75) is 26.2 Å². The molecule has 0 unspecified atom stereocenters. The molecule has 10 nitrogen and oxygen atoms in total. The number of H-pyrrole nitrogens is 1. The summed E-state index contributed by atoms with van der Waals surface area (Å²) in [6, 6.07) is 4.13. The van der Waals surface area contributed by atoms with E-state index >= 15 is 0 Å². The number of phenols is 1. The third kappa shape index (κ3) is 3.97. The SMILES string of the molecule is COc1c(O)ccc(C=NNC(=O)c2cc(C(C)(C)C)[nH]n2)c1[N+](=O)[O-]. The lowest BCUT2D eigenvalue weighted by molar-refractivity contribution is -0.386. The Morgan fingerprint density at radius 1 is 1.46 bits per heavy atom. The third-order valence-corrected chi connectivity index (χ3v) is 3.52. The number of phenolic OH excluding ortho intramolecular Hbond substituents is 1. The number of carbonyl (C=O) groups excluding carboxylic acids is 1. The van der Waals surface area contributed by atoms with Gasteiger partial charge in [-0.25, -0.2) is 5.43 Å². The molecule has 0 spiro atoms. The Kier molecular flexibility index (Phi) is 5.24. The maximum atomic E-state index is 12.1. The molecule has 26 heavy (non-hydrogen) atoms. The first kappa shape index (κ1) is 18.9. The van der Waals surface area contributed by atoms with Gasteiger partial charge in [-0.05, 0) is 18.2 Å². The van der Waals surface area contributed by atoms with Crippen LogP contribution in [0.1, 0.15) is 42.5 Å². The van der Waals surface area contributed by atoms with Gasteiger partial charge in [0.1, 0.15) is 0 Å². The van der Waals surface area contributed by atoms with Crippen molar-refractivity contribution in [1.82, 2.24) is 15.6 Å². The van der Waals surface area contributed by atoms with E-state index in [0.29, 0.717) is 0 Å². The third-order valence-electron chi connectivity index (χ3n) is 3.52. The minimum Gasteiger partial charge on any atom is -0.504 e. The second-order valence-corrected chi connectivity index (χ2v) is 6.43. The Labute approximate surface area is 149 Å². The minimum absolute atomic E-state index is 0.0577. The average molecular weight is 361 g/mol. The summed E-state index contributed by atoms with van der Waals surface area (Å²) in [6.45, 7) is 5.91. The summed E-state index contributed by atoms with van der Waals surface area (Å²) in [5.74, 6) is -1.22. The number of carbonyl (C=O) groups is 1. The van der Waals surface area contributed by atoms with E-state index in [1.54, 1.807) is 6.07 Å². The van der Waals surface area contributed by atoms with Crippen LogP contribution in [0.3, 0.4) is 0 Å². The topological polar surface area (TPSA) is 143 Å². The predicted octanol–water partition coefficient (Wildman–Crippen LogP) is 2.09. The number of nitrogens with one attached hydrogen (secondary N) is 2. The fourth-order valence-electron chi connectivity index (χ4n) is 2.11. The zero-order valence-corrected chi connectivity index (χ0v) is 14.7. The number of benzene rings is 1. The molecular weight excluding hydrogens is 342 g/mol. The summed E-state index contributed by atoms with van der Waals surface area (Å²) in [6.07, 6.45) is 1.09. The summed E-state index contributed by atoms with van der Waals surface area (Å²) >= 11 is 0. The number of hydrazone groups is 1. The average Bonchev–Trinajstić information content (AvgIpc) is 3.05. The van der Waals surface area contributed by atoms with Gasteiger partial charge in [0.05, 0.1) is 23.8 Å². The summed E-state index contributed by atoms with van der Waals surface area (Å²) in [7, 11) is 1.20. The first-order valence-electron chi connectivity index (χ1n) is 7.58. The van der Waals surface area contributed by atoms with E-state index < -0.39 is 16.5 Å². The monoisotopic (exact) mass is 361 g/mol. The molecule has 0 aliphatic carbocycles. The lowest BCUT2D eigenvalue weighted by Crippen LogP contribution is -2.18. The fraction of sp³-hybridized carbons (Fsp3) is 0.312. The van der Waals surface area contributed by atoms with Crippen LogP contribution in [-0.4, -0.2) is 39.5 Å². The normalized spacial score (nSPS) is 11.5. The molecule has 0 aliphatic rings. The van der Waals surface area contributed by atoms with E-state index in [1.807, 2.05) is 20.8 Å². The van der Waals surface area contributed by atoms with E-state index in [0.717, 1.165) is 11.9 Å². The molecule has 0 saturated heterocycles. The van der Waals surface area contributed by atoms with Crippen molar-refractivity contribution >= 4 is 17.8 Å². The largest absolute Gasteiger partial charge is 0.504 e. The number of hydrogen-bond acceptors (Lipinski definition) is 7. The molecule has 0 saturated carbocycles. The van der Waals surface area contributed by atoms with Crippen molar-refractivity contribution in [2.24, 2.45) is 5.10 Å². The number of nitro benzene ring substituents is 1. The summed E-state index contributed by atoms with van der Waals surface area (Å²) < 4.78 is 4.85. The van der Waals surface area contributed by atoms with Crippen molar-refractivity contribution in [3.8, 4) is 11.5 Å². The number of aromatic nitrogens is 2. The Bertz CT molecular complexity index is 866. The van der Waals surface area contributed by atoms with Crippen molar-refractivity contribution in [3.63, 3.8) is 0 Å². The molecule has 0 aliphatic heterocycles.